The van der Waals surface area contributed by atoms with Crippen molar-refractivity contribution in [2.24, 2.45) is 5.92 Å². The molecule has 2 N–H and O–H groups in total. The van der Waals surface area contributed by atoms with Crippen molar-refractivity contribution in [3.05, 3.63) is 23.8 Å². The molecule has 0 unspecified atom stereocenters. The predicted molar refractivity (Wildman–Crippen MR) is 91.2 cm³/mol. The van der Waals surface area contributed by atoms with Gasteiger partial charge in [0.1, 0.15) is 0 Å². The zero-order valence-corrected chi connectivity index (χ0v) is 13.7. The van der Waals surface area contributed by atoms with Crippen molar-refractivity contribution in [1.29, 1.82) is 0 Å². The molecule has 128 valence electrons. The number of urea groups is 1. The Bertz CT molecular complexity index is 651. The number of hydrogen-bond acceptors (Lipinski definition) is 3. The van der Waals surface area contributed by atoms with E-state index in [1.54, 1.807) is 0 Å². The molecule has 2 aliphatic heterocycles. The number of rotatable bonds is 3. The van der Waals surface area contributed by atoms with E-state index in [0.29, 0.717) is 13.2 Å². The molecule has 6 nitrogen and oxygen atoms in total. The van der Waals surface area contributed by atoms with Gasteiger partial charge >= 0.3 is 6.03 Å². The van der Waals surface area contributed by atoms with Gasteiger partial charge < -0.3 is 20.3 Å². The standard InChI is InChI=1S/C18H23N3O3/c22-17(13-1-2-13)21-8-5-12-3-4-15(11-16(12)21)20-18(23)19-14-6-9-24-10-7-14/h3-4,11,13-14H,1-2,5-10H2,(H2,19,20,23). The predicted octanol–water partition coefficient (Wildman–Crippen LogP) is 2.29. The normalized spacial score (nSPS) is 20.6. The fourth-order valence-electron chi connectivity index (χ4n) is 3.43. The van der Waals surface area contributed by atoms with Crippen LogP contribution < -0.4 is 15.5 Å². The van der Waals surface area contributed by atoms with E-state index in [1.807, 2.05) is 23.1 Å². The largest absolute Gasteiger partial charge is 0.381 e. The summed E-state index contributed by atoms with van der Waals surface area (Å²) in [6.07, 6.45) is 4.61. The Morgan fingerprint density at radius 1 is 1.12 bits per heavy atom. The molecule has 0 aromatic heterocycles. The molecule has 1 aromatic carbocycles. The van der Waals surface area contributed by atoms with Crippen LogP contribution in [0.15, 0.2) is 18.2 Å². The number of anilines is 2. The first-order valence-corrected chi connectivity index (χ1v) is 8.80. The van der Waals surface area contributed by atoms with Gasteiger partial charge in [0.2, 0.25) is 5.91 Å². The van der Waals surface area contributed by atoms with Crippen molar-refractivity contribution >= 4 is 23.3 Å². The zero-order valence-electron chi connectivity index (χ0n) is 13.7. The molecule has 1 aliphatic carbocycles. The zero-order chi connectivity index (χ0) is 16.5. The fourth-order valence-corrected chi connectivity index (χ4v) is 3.43. The van der Waals surface area contributed by atoms with Crippen molar-refractivity contribution in [1.82, 2.24) is 5.32 Å². The Hall–Kier alpha value is -2.08. The Balaban J connectivity index is 1.42. The van der Waals surface area contributed by atoms with Crippen molar-refractivity contribution in [2.75, 3.05) is 30.0 Å². The molecule has 6 heteroatoms. The average Bonchev–Trinajstić information content (AvgIpc) is 3.35. The molecule has 0 spiro atoms. The van der Waals surface area contributed by atoms with Crippen LogP contribution in [0.5, 0.6) is 0 Å². The average molecular weight is 329 g/mol. The van der Waals surface area contributed by atoms with Gasteiger partial charge in [-0.1, -0.05) is 6.07 Å². The summed E-state index contributed by atoms with van der Waals surface area (Å²) in [5, 5.41) is 5.88. The molecule has 0 bridgehead atoms. The molecule has 2 fully saturated rings. The lowest BCUT2D eigenvalue weighted by molar-refractivity contribution is -0.119. The number of fused-ring (bicyclic) bond motifs is 1. The summed E-state index contributed by atoms with van der Waals surface area (Å²) in [6, 6.07) is 5.82. The van der Waals surface area contributed by atoms with Gasteiger partial charge in [0.25, 0.3) is 0 Å². The van der Waals surface area contributed by atoms with Gasteiger partial charge in [-0.3, -0.25) is 4.79 Å². The minimum Gasteiger partial charge on any atom is -0.381 e. The first kappa shape index (κ1) is 15.4. The first-order valence-electron chi connectivity index (χ1n) is 8.80. The molecular formula is C18H23N3O3. The molecule has 1 saturated carbocycles. The third-order valence-corrected chi connectivity index (χ3v) is 4.99. The topological polar surface area (TPSA) is 70.7 Å². The van der Waals surface area contributed by atoms with Gasteiger partial charge in [-0.25, -0.2) is 4.79 Å². The molecule has 2 heterocycles. The van der Waals surface area contributed by atoms with Crippen LogP contribution in [0.2, 0.25) is 0 Å². The highest BCUT2D eigenvalue weighted by atomic mass is 16.5. The van der Waals surface area contributed by atoms with E-state index in [4.69, 9.17) is 4.74 Å². The maximum Gasteiger partial charge on any atom is 0.319 e. The van der Waals surface area contributed by atoms with Crippen LogP contribution in [0.4, 0.5) is 16.2 Å². The van der Waals surface area contributed by atoms with Crippen LogP contribution >= 0.6 is 0 Å². The second-order valence-electron chi connectivity index (χ2n) is 6.84. The Morgan fingerprint density at radius 2 is 1.92 bits per heavy atom. The molecular weight excluding hydrogens is 306 g/mol. The van der Waals surface area contributed by atoms with Crippen LogP contribution in [-0.4, -0.2) is 37.7 Å². The highest BCUT2D eigenvalue weighted by Gasteiger charge is 2.36. The lowest BCUT2D eigenvalue weighted by atomic mass is 10.1. The quantitative estimate of drug-likeness (QED) is 0.894. The number of hydrogen-bond donors (Lipinski definition) is 2. The van der Waals surface area contributed by atoms with E-state index in [2.05, 4.69) is 10.6 Å². The summed E-state index contributed by atoms with van der Waals surface area (Å²) < 4.78 is 5.30. The Labute approximate surface area is 141 Å². The SMILES string of the molecule is O=C(Nc1ccc2c(c1)N(C(=O)C1CC1)CC2)NC1CCOCC1. The molecule has 24 heavy (non-hydrogen) atoms. The van der Waals surface area contributed by atoms with Gasteiger partial charge in [-0.15, -0.1) is 0 Å². The maximum absolute atomic E-state index is 12.4. The van der Waals surface area contributed by atoms with Crippen LogP contribution in [0.25, 0.3) is 0 Å². The number of nitrogens with one attached hydrogen (secondary N) is 2. The van der Waals surface area contributed by atoms with Crippen LogP contribution in [0, 0.1) is 5.92 Å². The summed E-state index contributed by atoms with van der Waals surface area (Å²) in [7, 11) is 0. The molecule has 3 aliphatic rings. The summed E-state index contributed by atoms with van der Waals surface area (Å²) in [5.74, 6) is 0.446. The van der Waals surface area contributed by atoms with E-state index in [1.165, 1.54) is 5.56 Å². The maximum atomic E-state index is 12.4. The van der Waals surface area contributed by atoms with E-state index >= 15 is 0 Å². The van der Waals surface area contributed by atoms with E-state index < -0.39 is 0 Å². The Kier molecular flexibility index (Phi) is 4.14. The number of carbonyl (C=O) groups excluding carboxylic acids is 2. The molecule has 3 amide bonds. The highest BCUT2D eigenvalue weighted by Crippen LogP contribution is 2.37. The lowest BCUT2D eigenvalue weighted by Gasteiger charge is -2.23. The minimum absolute atomic E-state index is 0.168. The Morgan fingerprint density at radius 3 is 2.67 bits per heavy atom. The monoisotopic (exact) mass is 329 g/mol. The van der Waals surface area contributed by atoms with Crippen LogP contribution in [0.3, 0.4) is 0 Å². The summed E-state index contributed by atoms with van der Waals surface area (Å²) in [5.41, 5.74) is 2.86. The summed E-state index contributed by atoms with van der Waals surface area (Å²) in [4.78, 5) is 26.4. The highest BCUT2D eigenvalue weighted by molar-refractivity contribution is 5.99. The molecule has 0 atom stereocenters. The summed E-state index contributed by atoms with van der Waals surface area (Å²) in [6.45, 7) is 2.15. The smallest absolute Gasteiger partial charge is 0.319 e. The number of ether oxygens (including phenoxy) is 1. The second kappa shape index (κ2) is 6.43. The van der Waals surface area contributed by atoms with Crippen molar-refractivity contribution in [3.8, 4) is 0 Å². The molecule has 1 saturated heterocycles. The van der Waals surface area contributed by atoms with Crippen molar-refractivity contribution in [2.45, 2.75) is 38.1 Å². The third-order valence-electron chi connectivity index (χ3n) is 4.99. The van der Waals surface area contributed by atoms with Gasteiger partial charge in [0.15, 0.2) is 0 Å². The number of amides is 3. The lowest BCUT2D eigenvalue weighted by Crippen LogP contribution is -2.41. The van der Waals surface area contributed by atoms with Gasteiger partial charge in [0, 0.05) is 43.1 Å². The number of nitrogens with zero attached hydrogens (tertiary/aromatic N) is 1. The number of carbonyl (C=O) groups is 2. The minimum atomic E-state index is -0.195. The van der Waals surface area contributed by atoms with Crippen LogP contribution in [-0.2, 0) is 16.0 Å². The van der Waals surface area contributed by atoms with Crippen molar-refractivity contribution in [3.63, 3.8) is 0 Å². The van der Waals surface area contributed by atoms with Crippen LogP contribution in [0.1, 0.15) is 31.2 Å². The molecule has 4 rings (SSSR count). The van der Waals surface area contributed by atoms with E-state index in [9.17, 15) is 9.59 Å². The van der Waals surface area contributed by atoms with Gasteiger partial charge in [0.05, 0.1) is 0 Å². The fraction of sp³-hybridized carbons (Fsp3) is 0.556. The molecule has 1 aromatic rings. The molecule has 0 radical (unpaired) electrons. The number of benzene rings is 1. The van der Waals surface area contributed by atoms with E-state index in [-0.39, 0.29) is 23.9 Å². The first-order chi connectivity index (χ1) is 11.7. The van der Waals surface area contributed by atoms with Gasteiger partial charge in [-0.05, 0) is 49.8 Å². The van der Waals surface area contributed by atoms with Gasteiger partial charge in [-0.2, -0.15) is 0 Å². The third kappa shape index (κ3) is 3.24. The second-order valence-corrected chi connectivity index (χ2v) is 6.84. The summed E-state index contributed by atoms with van der Waals surface area (Å²) >= 11 is 0. The van der Waals surface area contributed by atoms with Crippen molar-refractivity contribution < 1.29 is 14.3 Å². The van der Waals surface area contributed by atoms with E-state index in [0.717, 1.165) is 50.0 Å².